The molecule has 3 aromatic rings. The van der Waals surface area contributed by atoms with Crippen molar-refractivity contribution in [3.8, 4) is 11.3 Å². The maximum atomic E-state index is 12.4. The second-order valence-electron chi connectivity index (χ2n) is 5.76. The zero-order valence-electron chi connectivity index (χ0n) is 14.4. The molecular weight excluding hydrogens is 330 g/mol. The standard InChI is InChI=1S/C21H19NO4/c1-25-20(23)13-10-15-6-5-9-17(14-15)22-21(24)19-12-11-18(26-19)16-7-3-2-4-8-16/h2-9,11-12,14H,10,13H2,1H3,(H,22,24). The van der Waals surface area contributed by atoms with Crippen LogP contribution in [0, 0.1) is 0 Å². The molecule has 0 unspecified atom stereocenters. The lowest BCUT2D eigenvalue weighted by molar-refractivity contribution is -0.140. The van der Waals surface area contributed by atoms with Crippen molar-refractivity contribution in [2.24, 2.45) is 0 Å². The van der Waals surface area contributed by atoms with E-state index in [0.29, 0.717) is 24.3 Å². The third-order valence-corrected chi connectivity index (χ3v) is 3.92. The molecule has 0 radical (unpaired) electrons. The fourth-order valence-corrected chi connectivity index (χ4v) is 2.56. The maximum Gasteiger partial charge on any atom is 0.305 e. The number of ether oxygens (including phenoxy) is 1. The summed E-state index contributed by atoms with van der Waals surface area (Å²) in [5.41, 5.74) is 2.50. The van der Waals surface area contributed by atoms with E-state index >= 15 is 0 Å². The Kier molecular flexibility index (Phi) is 5.49. The van der Waals surface area contributed by atoms with Gasteiger partial charge in [-0.15, -0.1) is 0 Å². The number of hydrogen-bond acceptors (Lipinski definition) is 4. The molecule has 0 aliphatic rings. The van der Waals surface area contributed by atoms with E-state index in [0.717, 1.165) is 11.1 Å². The number of rotatable bonds is 6. The number of nitrogens with one attached hydrogen (secondary N) is 1. The van der Waals surface area contributed by atoms with Gasteiger partial charge in [0.2, 0.25) is 0 Å². The summed E-state index contributed by atoms with van der Waals surface area (Å²) in [6.07, 6.45) is 0.849. The van der Waals surface area contributed by atoms with Gasteiger partial charge in [-0.3, -0.25) is 9.59 Å². The normalized spacial score (nSPS) is 10.3. The van der Waals surface area contributed by atoms with E-state index in [1.807, 2.05) is 48.5 Å². The van der Waals surface area contributed by atoms with Crippen LogP contribution in [0.5, 0.6) is 0 Å². The van der Waals surface area contributed by atoms with Gasteiger partial charge in [0.15, 0.2) is 5.76 Å². The molecule has 0 aliphatic heterocycles. The van der Waals surface area contributed by atoms with Gasteiger partial charge < -0.3 is 14.5 Å². The van der Waals surface area contributed by atoms with Crippen molar-refractivity contribution in [2.75, 3.05) is 12.4 Å². The summed E-state index contributed by atoms with van der Waals surface area (Å²) in [5, 5.41) is 2.82. The summed E-state index contributed by atoms with van der Waals surface area (Å²) in [6, 6.07) is 20.4. The van der Waals surface area contributed by atoms with Crippen LogP contribution in [0.25, 0.3) is 11.3 Å². The van der Waals surface area contributed by atoms with E-state index in [1.54, 1.807) is 18.2 Å². The molecule has 1 amide bonds. The summed E-state index contributed by atoms with van der Waals surface area (Å²) in [7, 11) is 1.37. The third-order valence-electron chi connectivity index (χ3n) is 3.92. The predicted molar refractivity (Wildman–Crippen MR) is 98.9 cm³/mol. The number of carbonyl (C=O) groups is 2. The van der Waals surface area contributed by atoms with Gasteiger partial charge in [-0.2, -0.15) is 0 Å². The third kappa shape index (κ3) is 4.39. The van der Waals surface area contributed by atoms with E-state index in [2.05, 4.69) is 10.1 Å². The average molecular weight is 349 g/mol. The minimum absolute atomic E-state index is 0.240. The van der Waals surface area contributed by atoms with Crippen LogP contribution < -0.4 is 5.32 Å². The lowest BCUT2D eigenvalue weighted by atomic mass is 10.1. The molecule has 0 bridgehead atoms. The molecule has 5 heteroatoms. The highest BCUT2D eigenvalue weighted by Gasteiger charge is 2.13. The average Bonchev–Trinajstić information content (AvgIpc) is 3.17. The summed E-state index contributed by atoms with van der Waals surface area (Å²) >= 11 is 0. The first-order valence-corrected chi connectivity index (χ1v) is 8.28. The second kappa shape index (κ2) is 8.16. The number of hydrogen-bond donors (Lipinski definition) is 1. The Morgan fingerprint density at radius 3 is 2.58 bits per heavy atom. The second-order valence-corrected chi connectivity index (χ2v) is 5.76. The monoisotopic (exact) mass is 349 g/mol. The van der Waals surface area contributed by atoms with Crippen molar-refractivity contribution in [1.29, 1.82) is 0 Å². The fourth-order valence-electron chi connectivity index (χ4n) is 2.56. The SMILES string of the molecule is COC(=O)CCc1cccc(NC(=O)c2ccc(-c3ccccc3)o2)c1. The molecule has 132 valence electrons. The molecule has 0 saturated heterocycles. The highest BCUT2D eigenvalue weighted by Crippen LogP contribution is 2.22. The van der Waals surface area contributed by atoms with Crippen LogP contribution in [0.4, 0.5) is 5.69 Å². The quantitative estimate of drug-likeness (QED) is 0.674. The van der Waals surface area contributed by atoms with Gasteiger partial charge in [0.25, 0.3) is 5.91 Å². The van der Waals surface area contributed by atoms with E-state index in [9.17, 15) is 9.59 Å². The van der Waals surface area contributed by atoms with Gasteiger partial charge in [-0.05, 0) is 36.2 Å². The van der Waals surface area contributed by atoms with Crippen LogP contribution in [0.2, 0.25) is 0 Å². The molecule has 1 heterocycles. The molecule has 1 N–H and O–H groups in total. The first kappa shape index (κ1) is 17.5. The fraction of sp³-hybridized carbons (Fsp3) is 0.143. The number of furan rings is 1. The molecule has 3 rings (SSSR count). The van der Waals surface area contributed by atoms with Crippen molar-refractivity contribution in [3.05, 3.63) is 78.1 Å². The molecule has 5 nitrogen and oxygen atoms in total. The van der Waals surface area contributed by atoms with E-state index in [-0.39, 0.29) is 17.6 Å². The molecule has 1 aromatic heterocycles. The number of carbonyl (C=O) groups excluding carboxylic acids is 2. The van der Waals surface area contributed by atoms with Gasteiger partial charge >= 0.3 is 5.97 Å². The van der Waals surface area contributed by atoms with Gasteiger partial charge in [0.1, 0.15) is 5.76 Å². The predicted octanol–water partition coefficient (Wildman–Crippen LogP) is 4.30. The van der Waals surface area contributed by atoms with Crippen molar-refractivity contribution < 1.29 is 18.7 Å². The van der Waals surface area contributed by atoms with E-state index in [1.165, 1.54) is 7.11 Å². The largest absolute Gasteiger partial charge is 0.469 e. The number of esters is 1. The highest BCUT2D eigenvalue weighted by atomic mass is 16.5. The van der Waals surface area contributed by atoms with Crippen LogP contribution in [-0.4, -0.2) is 19.0 Å². The van der Waals surface area contributed by atoms with Crippen molar-refractivity contribution in [1.82, 2.24) is 0 Å². The summed E-state index contributed by atoms with van der Waals surface area (Å²) in [4.78, 5) is 23.7. The molecule has 26 heavy (non-hydrogen) atoms. The molecule has 0 atom stereocenters. The number of benzene rings is 2. The maximum absolute atomic E-state index is 12.4. The smallest absolute Gasteiger partial charge is 0.305 e. The Morgan fingerprint density at radius 1 is 1.00 bits per heavy atom. The molecule has 0 fully saturated rings. The minimum Gasteiger partial charge on any atom is -0.469 e. The van der Waals surface area contributed by atoms with Crippen LogP contribution in [0.3, 0.4) is 0 Å². The molecule has 0 saturated carbocycles. The van der Waals surface area contributed by atoms with Gasteiger partial charge in [-0.1, -0.05) is 42.5 Å². The lowest BCUT2D eigenvalue weighted by Crippen LogP contribution is -2.11. The number of amides is 1. The molecule has 0 aliphatic carbocycles. The first-order valence-electron chi connectivity index (χ1n) is 8.28. The van der Waals surface area contributed by atoms with Crippen LogP contribution >= 0.6 is 0 Å². The molecule has 0 spiro atoms. The van der Waals surface area contributed by atoms with Crippen LogP contribution in [0.1, 0.15) is 22.5 Å². The highest BCUT2D eigenvalue weighted by molar-refractivity contribution is 6.02. The Hall–Kier alpha value is -3.34. The topological polar surface area (TPSA) is 68.5 Å². The number of anilines is 1. The van der Waals surface area contributed by atoms with Crippen molar-refractivity contribution in [3.63, 3.8) is 0 Å². The van der Waals surface area contributed by atoms with E-state index in [4.69, 9.17) is 4.42 Å². The minimum atomic E-state index is -0.322. The Balaban J connectivity index is 1.67. The molecule has 2 aromatic carbocycles. The van der Waals surface area contributed by atoms with Gasteiger partial charge in [0, 0.05) is 17.7 Å². The van der Waals surface area contributed by atoms with E-state index < -0.39 is 0 Å². The molecular formula is C21H19NO4. The lowest BCUT2D eigenvalue weighted by Gasteiger charge is -2.06. The van der Waals surface area contributed by atoms with Gasteiger partial charge in [-0.25, -0.2) is 0 Å². The summed E-state index contributed by atoms with van der Waals surface area (Å²) in [5.74, 6) is 0.298. The number of methoxy groups -OCH3 is 1. The Bertz CT molecular complexity index is 899. The Labute approximate surface area is 151 Å². The zero-order chi connectivity index (χ0) is 18.4. The van der Waals surface area contributed by atoms with Crippen LogP contribution in [0.15, 0.2) is 71.1 Å². The van der Waals surface area contributed by atoms with Gasteiger partial charge in [0.05, 0.1) is 7.11 Å². The van der Waals surface area contributed by atoms with Crippen molar-refractivity contribution >= 4 is 17.6 Å². The number of aryl methyl sites for hydroxylation is 1. The summed E-state index contributed by atoms with van der Waals surface area (Å²) in [6.45, 7) is 0. The zero-order valence-corrected chi connectivity index (χ0v) is 14.4. The van der Waals surface area contributed by atoms with Crippen LogP contribution in [-0.2, 0) is 16.0 Å². The Morgan fingerprint density at radius 2 is 1.81 bits per heavy atom. The first-order chi connectivity index (χ1) is 12.7. The summed E-state index contributed by atoms with van der Waals surface area (Å²) < 4.78 is 10.3. The van der Waals surface area contributed by atoms with Crippen molar-refractivity contribution in [2.45, 2.75) is 12.8 Å².